The van der Waals surface area contributed by atoms with Crippen LogP contribution in [-0.4, -0.2) is 22.7 Å². The number of halogens is 5. The van der Waals surface area contributed by atoms with Gasteiger partial charge in [-0.2, -0.15) is 8.78 Å². The summed E-state index contributed by atoms with van der Waals surface area (Å²) in [4.78, 5) is 26.3. The van der Waals surface area contributed by atoms with Crippen LogP contribution in [0, 0.1) is 0 Å². The fourth-order valence-electron chi connectivity index (χ4n) is 2.06. The lowest BCUT2D eigenvalue weighted by Crippen LogP contribution is -2.24. The molecule has 0 aliphatic heterocycles. The van der Waals surface area contributed by atoms with Crippen LogP contribution in [0.25, 0.3) is 0 Å². The maximum atomic E-state index is 13.5. The van der Waals surface area contributed by atoms with E-state index in [-0.39, 0.29) is 26.4 Å². The highest BCUT2D eigenvalue weighted by molar-refractivity contribution is 7.99. The third-order valence-electron chi connectivity index (χ3n) is 3.29. The molecule has 5 nitrogen and oxygen atoms in total. The molecule has 0 saturated heterocycles. The summed E-state index contributed by atoms with van der Waals surface area (Å²) in [6, 6.07) is 3.77. The van der Waals surface area contributed by atoms with Crippen molar-refractivity contribution in [3.05, 3.63) is 55.4 Å². The number of rotatable bonds is 6. The van der Waals surface area contributed by atoms with Crippen molar-refractivity contribution in [3.63, 3.8) is 0 Å². The maximum absolute atomic E-state index is 13.5. The van der Waals surface area contributed by atoms with Gasteiger partial charge in [0.25, 0.3) is 5.56 Å². The molecular weight excluding hydrogens is 447 g/mol. The summed E-state index contributed by atoms with van der Waals surface area (Å²) >= 11 is 18.0. The molecule has 0 unspecified atom stereocenters. The summed E-state index contributed by atoms with van der Waals surface area (Å²) in [6.45, 7) is 1.10. The van der Waals surface area contributed by atoms with Crippen molar-refractivity contribution in [3.8, 4) is 0 Å². The first kappa shape index (κ1) is 22.0. The van der Waals surface area contributed by atoms with Crippen LogP contribution >= 0.6 is 46.6 Å². The predicted molar refractivity (Wildman–Crippen MR) is 99.3 cm³/mol. The highest BCUT2D eigenvalue weighted by Gasteiger charge is 2.32. The zero-order valence-electron chi connectivity index (χ0n) is 13.6. The van der Waals surface area contributed by atoms with Crippen molar-refractivity contribution >= 4 is 52.5 Å². The van der Waals surface area contributed by atoms with Gasteiger partial charge < -0.3 is 14.8 Å². The number of aromatic amines is 1. The number of benzene rings is 1. The van der Waals surface area contributed by atoms with Gasteiger partial charge in [0.2, 0.25) is 0 Å². The van der Waals surface area contributed by atoms with Crippen LogP contribution < -0.4 is 5.56 Å². The van der Waals surface area contributed by atoms with Crippen molar-refractivity contribution in [2.45, 2.75) is 28.7 Å². The van der Waals surface area contributed by atoms with E-state index in [1.54, 1.807) is 0 Å². The van der Waals surface area contributed by atoms with Gasteiger partial charge in [-0.05, 0) is 36.2 Å². The summed E-state index contributed by atoms with van der Waals surface area (Å²) in [6.07, 6.45) is 0. The molecule has 27 heavy (non-hydrogen) atoms. The molecule has 11 heteroatoms. The average Bonchev–Trinajstić information content (AvgIpc) is 2.57. The predicted octanol–water partition coefficient (Wildman–Crippen LogP) is 4.79. The number of pyridine rings is 1. The van der Waals surface area contributed by atoms with Gasteiger partial charge in [0, 0.05) is 9.79 Å². The third-order valence-corrected chi connectivity index (χ3v) is 5.64. The topological polar surface area (TPSA) is 79.4 Å². The molecule has 0 aliphatic rings. The fraction of sp³-hybridized carbons (Fsp3) is 0.250. The van der Waals surface area contributed by atoms with Crippen LogP contribution in [0.4, 0.5) is 8.78 Å². The minimum Gasteiger partial charge on any atom is -0.462 e. The number of aliphatic hydroxyl groups excluding tert-OH is 1. The second-order valence-corrected chi connectivity index (χ2v) is 7.39. The molecule has 0 bridgehead atoms. The number of carbonyl (C=O) groups is 1. The first-order chi connectivity index (χ1) is 12.6. The SMILES string of the molecule is CCOC(=O)c1c(Sc2c(Cl)ccc(CO)c2Cl)cc(C(F)(F)Cl)[nH]c1=O. The van der Waals surface area contributed by atoms with E-state index in [0.717, 1.165) is 6.07 Å². The number of esters is 1. The number of hydrogen-bond acceptors (Lipinski definition) is 5. The van der Waals surface area contributed by atoms with Gasteiger partial charge in [-0.3, -0.25) is 4.79 Å². The molecule has 1 aromatic carbocycles. The van der Waals surface area contributed by atoms with Crippen molar-refractivity contribution in [2.24, 2.45) is 0 Å². The lowest BCUT2D eigenvalue weighted by Gasteiger charge is -2.15. The second kappa shape index (κ2) is 8.79. The summed E-state index contributed by atoms with van der Waals surface area (Å²) in [7, 11) is 0. The molecule has 0 aliphatic carbocycles. The van der Waals surface area contributed by atoms with E-state index in [9.17, 15) is 23.5 Å². The van der Waals surface area contributed by atoms with Gasteiger partial charge >= 0.3 is 11.4 Å². The Morgan fingerprint density at radius 2 is 2.04 bits per heavy atom. The fourth-order valence-corrected chi connectivity index (χ4v) is 3.89. The summed E-state index contributed by atoms with van der Waals surface area (Å²) < 4.78 is 31.8. The van der Waals surface area contributed by atoms with Gasteiger partial charge in [0.05, 0.1) is 23.3 Å². The first-order valence-electron chi connectivity index (χ1n) is 7.37. The van der Waals surface area contributed by atoms with Crippen LogP contribution in [0.1, 0.15) is 28.5 Å². The third kappa shape index (κ3) is 4.94. The highest BCUT2D eigenvalue weighted by atomic mass is 35.5. The van der Waals surface area contributed by atoms with Gasteiger partial charge in [0.15, 0.2) is 0 Å². The molecule has 146 valence electrons. The van der Waals surface area contributed by atoms with Crippen molar-refractivity contribution < 1.29 is 23.4 Å². The Morgan fingerprint density at radius 3 is 2.59 bits per heavy atom. The molecule has 0 saturated carbocycles. The number of ether oxygens (including phenoxy) is 1. The summed E-state index contributed by atoms with van der Waals surface area (Å²) in [5.41, 5.74) is -2.17. The standard InChI is InChI=1S/C16H12Cl3F2NO4S/c1-2-26-15(25)11-9(5-10(16(19,20)21)22-14(11)24)27-13-8(17)4-3-7(6-23)12(13)18/h3-5,23H,2,6H2,1H3,(H,22,24). The van der Waals surface area contributed by atoms with Crippen LogP contribution in [-0.2, 0) is 16.7 Å². The lowest BCUT2D eigenvalue weighted by molar-refractivity contribution is 0.0517. The van der Waals surface area contributed by atoms with E-state index < -0.39 is 34.8 Å². The van der Waals surface area contributed by atoms with Crippen molar-refractivity contribution in [1.82, 2.24) is 4.98 Å². The number of carbonyl (C=O) groups excluding carboxylic acids is 1. The normalized spacial score (nSPS) is 11.5. The molecule has 0 atom stereocenters. The molecule has 2 N–H and O–H groups in total. The van der Waals surface area contributed by atoms with Gasteiger partial charge in [-0.15, -0.1) is 0 Å². The molecule has 1 aromatic heterocycles. The molecule has 2 aromatic rings. The maximum Gasteiger partial charge on any atom is 0.362 e. The minimum absolute atomic E-state index is 0.0304. The number of aromatic nitrogens is 1. The van der Waals surface area contributed by atoms with E-state index in [2.05, 4.69) is 0 Å². The van der Waals surface area contributed by atoms with Gasteiger partial charge in [-0.1, -0.05) is 41.0 Å². The molecular formula is C16H12Cl3F2NO4S. The largest absolute Gasteiger partial charge is 0.462 e. The highest BCUT2D eigenvalue weighted by Crippen LogP contribution is 2.42. The molecule has 0 spiro atoms. The molecule has 2 rings (SSSR count). The summed E-state index contributed by atoms with van der Waals surface area (Å²) in [5.74, 6) is -1.00. The average molecular weight is 459 g/mol. The van der Waals surface area contributed by atoms with Crippen LogP contribution in [0.15, 0.2) is 32.8 Å². The second-order valence-electron chi connectivity index (χ2n) is 5.08. The molecule has 0 radical (unpaired) electrons. The number of aliphatic hydroxyl groups is 1. The number of nitrogens with one attached hydrogen (secondary N) is 1. The van der Waals surface area contributed by atoms with E-state index in [1.807, 2.05) is 4.98 Å². The van der Waals surface area contributed by atoms with Crippen molar-refractivity contribution in [1.29, 1.82) is 0 Å². The monoisotopic (exact) mass is 457 g/mol. The first-order valence-corrected chi connectivity index (χ1v) is 9.32. The number of H-pyrrole nitrogens is 1. The van der Waals surface area contributed by atoms with E-state index in [4.69, 9.17) is 39.5 Å². The molecule has 0 amide bonds. The van der Waals surface area contributed by atoms with Crippen LogP contribution in [0.5, 0.6) is 0 Å². The summed E-state index contributed by atoms with van der Waals surface area (Å²) in [5, 5.41) is 5.65. The Bertz CT molecular complexity index is 931. The minimum atomic E-state index is -3.87. The zero-order chi connectivity index (χ0) is 20.4. The van der Waals surface area contributed by atoms with Crippen LogP contribution in [0.2, 0.25) is 10.0 Å². The van der Waals surface area contributed by atoms with Crippen molar-refractivity contribution in [2.75, 3.05) is 6.61 Å². The van der Waals surface area contributed by atoms with Gasteiger partial charge in [-0.25, -0.2) is 4.79 Å². The Hall–Kier alpha value is -1.32. The Labute approximate surface area is 171 Å². The number of hydrogen-bond donors (Lipinski definition) is 2. The van der Waals surface area contributed by atoms with Crippen LogP contribution in [0.3, 0.4) is 0 Å². The van der Waals surface area contributed by atoms with E-state index in [0.29, 0.717) is 17.3 Å². The lowest BCUT2D eigenvalue weighted by atomic mass is 10.2. The quantitative estimate of drug-likeness (QED) is 0.481. The Balaban J connectivity index is 2.69. The number of alkyl halides is 3. The van der Waals surface area contributed by atoms with E-state index >= 15 is 0 Å². The molecule has 1 heterocycles. The Kier molecular flexibility index (Phi) is 7.15. The van der Waals surface area contributed by atoms with Gasteiger partial charge in [0.1, 0.15) is 11.3 Å². The smallest absolute Gasteiger partial charge is 0.362 e. The Morgan fingerprint density at radius 1 is 1.37 bits per heavy atom. The zero-order valence-corrected chi connectivity index (χ0v) is 16.7. The van der Waals surface area contributed by atoms with E-state index in [1.165, 1.54) is 19.1 Å². The molecule has 0 fully saturated rings.